The summed E-state index contributed by atoms with van der Waals surface area (Å²) in [6, 6.07) is 0. The highest BCUT2D eigenvalue weighted by Crippen LogP contribution is 1.92. The Morgan fingerprint density at radius 2 is 2.25 bits per heavy atom. The first-order valence-electron chi connectivity index (χ1n) is 2.12. The zero-order valence-electron chi connectivity index (χ0n) is 4.17. The molecule has 0 heterocycles. The van der Waals surface area contributed by atoms with Crippen molar-refractivity contribution >= 4 is 17.6 Å². The number of carboxylic acid groups (broad SMARTS) is 1. The standard InChI is InChI=1S/C4H7ClO3/c5-2-3(6)1-4(7)8/h3,6H,1-2H2,(H,7,8)/t3-/m1/s1. The highest BCUT2D eigenvalue weighted by atomic mass is 35.5. The minimum absolute atomic E-state index is 0.0215. The third kappa shape index (κ3) is 3.89. The van der Waals surface area contributed by atoms with E-state index in [0.717, 1.165) is 0 Å². The van der Waals surface area contributed by atoms with Gasteiger partial charge in [0.2, 0.25) is 0 Å². The third-order valence-corrected chi connectivity index (χ3v) is 0.945. The molecule has 0 aromatic carbocycles. The Balaban J connectivity index is 3.24. The Morgan fingerprint density at radius 1 is 1.75 bits per heavy atom. The molecule has 48 valence electrons. The van der Waals surface area contributed by atoms with Crippen molar-refractivity contribution in [2.75, 3.05) is 5.88 Å². The number of rotatable bonds is 3. The van der Waals surface area contributed by atoms with Gasteiger partial charge in [-0.2, -0.15) is 0 Å². The molecule has 0 aliphatic heterocycles. The lowest BCUT2D eigenvalue weighted by atomic mass is 10.3. The average molecular weight is 139 g/mol. The van der Waals surface area contributed by atoms with Gasteiger partial charge in [-0.25, -0.2) is 0 Å². The maximum absolute atomic E-state index is 9.75. The zero-order chi connectivity index (χ0) is 6.57. The molecule has 0 saturated carbocycles. The summed E-state index contributed by atoms with van der Waals surface area (Å²) < 4.78 is 0. The van der Waals surface area contributed by atoms with Crippen LogP contribution in [0.3, 0.4) is 0 Å². The van der Waals surface area contributed by atoms with Crippen LogP contribution in [0.5, 0.6) is 0 Å². The second-order valence-corrected chi connectivity index (χ2v) is 1.71. The molecule has 0 amide bonds. The number of halogens is 1. The number of hydrogen-bond acceptors (Lipinski definition) is 2. The van der Waals surface area contributed by atoms with Gasteiger partial charge in [0.1, 0.15) is 0 Å². The van der Waals surface area contributed by atoms with Crippen molar-refractivity contribution in [3.8, 4) is 0 Å². The van der Waals surface area contributed by atoms with E-state index in [2.05, 4.69) is 0 Å². The fourth-order valence-corrected chi connectivity index (χ4v) is 0.365. The molecular weight excluding hydrogens is 131 g/mol. The predicted molar refractivity (Wildman–Crippen MR) is 29.0 cm³/mol. The van der Waals surface area contributed by atoms with E-state index in [-0.39, 0.29) is 12.3 Å². The number of alkyl halides is 1. The number of aliphatic hydroxyl groups is 1. The molecule has 0 aromatic rings. The Morgan fingerprint density at radius 3 is 2.38 bits per heavy atom. The van der Waals surface area contributed by atoms with E-state index in [1.54, 1.807) is 0 Å². The summed E-state index contributed by atoms with van der Waals surface area (Å²) in [4.78, 5) is 9.75. The summed E-state index contributed by atoms with van der Waals surface area (Å²) in [6.07, 6.45) is -1.18. The van der Waals surface area contributed by atoms with Gasteiger partial charge in [-0.05, 0) is 0 Å². The van der Waals surface area contributed by atoms with E-state index >= 15 is 0 Å². The highest BCUT2D eigenvalue weighted by Gasteiger charge is 2.05. The Hall–Kier alpha value is -0.280. The fourth-order valence-electron chi connectivity index (χ4n) is 0.256. The topological polar surface area (TPSA) is 57.5 Å². The Kier molecular flexibility index (Phi) is 3.56. The first-order chi connectivity index (χ1) is 3.66. The van der Waals surface area contributed by atoms with Crippen LogP contribution in [-0.4, -0.2) is 28.2 Å². The van der Waals surface area contributed by atoms with Crippen LogP contribution in [0.15, 0.2) is 0 Å². The molecule has 3 nitrogen and oxygen atoms in total. The third-order valence-electron chi connectivity index (χ3n) is 0.588. The molecule has 1 atom stereocenters. The molecular formula is C4H7ClO3. The molecule has 0 radical (unpaired) electrons. The number of hydrogen-bond donors (Lipinski definition) is 2. The number of carboxylic acids is 1. The van der Waals surface area contributed by atoms with Crippen molar-refractivity contribution in [3.63, 3.8) is 0 Å². The molecule has 0 aliphatic carbocycles. The average Bonchev–Trinajstić information content (AvgIpc) is 1.65. The summed E-state index contributed by atoms with van der Waals surface area (Å²) in [5.41, 5.74) is 0. The zero-order valence-corrected chi connectivity index (χ0v) is 4.93. The van der Waals surface area contributed by atoms with Gasteiger partial charge < -0.3 is 10.2 Å². The van der Waals surface area contributed by atoms with Crippen LogP contribution in [0, 0.1) is 0 Å². The largest absolute Gasteiger partial charge is 0.481 e. The van der Waals surface area contributed by atoms with E-state index in [1.807, 2.05) is 0 Å². The Labute approximate surface area is 51.9 Å². The molecule has 0 unspecified atom stereocenters. The minimum atomic E-state index is -1.03. The maximum Gasteiger partial charge on any atom is 0.306 e. The first-order valence-corrected chi connectivity index (χ1v) is 2.66. The molecule has 2 N–H and O–H groups in total. The number of carbonyl (C=O) groups is 1. The van der Waals surface area contributed by atoms with Gasteiger partial charge in [0, 0.05) is 5.88 Å². The van der Waals surface area contributed by atoms with Crippen LogP contribution >= 0.6 is 11.6 Å². The highest BCUT2D eigenvalue weighted by molar-refractivity contribution is 6.18. The quantitative estimate of drug-likeness (QED) is 0.543. The van der Waals surface area contributed by atoms with Crippen LogP contribution < -0.4 is 0 Å². The van der Waals surface area contributed by atoms with E-state index in [9.17, 15) is 4.79 Å². The normalized spacial score (nSPS) is 13.2. The summed E-state index contributed by atoms with van der Waals surface area (Å²) in [5, 5.41) is 16.5. The van der Waals surface area contributed by atoms with Gasteiger partial charge in [0.05, 0.1) is 12.5 Å². The molecule has 0 bridgehead atoms. The van der Waals surface area contributed by atoms with Crippen LogP contribution in [0.4, 0.5) is 0 Å². The minimum Gasteiger partial charge on any atom is -0.481 e. The predicted octanol–water partition coefficient (Wildman–Crippen LogP) is 0.0608. The summed E-state index contributed by atoms with van der Waals surface area (Å²) in [5.74, 6) is -1.05. The van der Waals surface area contributed by atoms with Gasteiger partial charge >= 0.3 is 5.97 Å². The van der Waals surface area contributed by atoms with E-state index in [4.69, 9.17) is 21.8 Å². The van der Waals surface area contributed by atoms with Gasteiger partial charge in [-0.15, -0.1) is 11.6 Å². The van der Waals surface area contributed by atoms with Gasteiger partial charge in [0.25, 0.3) is 0 Å². The van der Waals surface area contributed by atoms with Crippen LogP contribution in [0.25, 0.3) is 0 Å². The van der Waals surface area contributed by atoms with Crippen molar-refractivity contribution in [3.05, 3.63) is 0 Å². The molecule has 0 saturated heterocycles. The second kappa shape index (κ2) is 3.69. The lowest BCUT2D eigenvalue weighted by Gasteiger charge is -1.98. The van der Waals surface area contributed by atoms with Crippen molar-refractivity contribution in [1.29, 1.82) is 0 Å². The fraction of sp³-hybridized carbons (Fsp3) is 0.750. The molecule has 0 spiro atoms. The lowest BCUT2D eigenvalue weighted by molar-refractivity contribution is -0.138. The smallest absolute Gasteiger partial charge is 0.306 e. The van der Waals surface area contributed by atoms with E-state index in [1.165, 1.54) is 0 Å². The SMILES string of the molecule is O=C(O)C[C@@H](O)CCl. The second-order valence-electron chi connectivity index (χ2n) is 1.41. The first kappa shape index (κ1) is 7.72. The molecule has 8 heavy (non-hydrogen) atoms. The van der Waals surface area contributed by atoms with Crippen LogP contribution in [-0.2, 0) is 4.79 Å². The molecule has 0 aliphatic rings. The summed E-state index contributed by atoms with van der Waals surface area (Å²) >= 11 is 5.08. The maximum atomic E-state index is 9.75. The summed E-state index contributed by atoms with van der Waals surface area (Å²) in [6.45, 7) is 0. The van der Waals surface area contributed by atoms with Gasteiger partial charge in [-0.1, -0.05) is 0 Å². The lowest BCUT2D eigenvalue weighted by Crippen LogP contribution is -2.13. The summed E-state index contributed by atoms with van der Waals surface area (Å²) in [7, 11) is 0. The van der Waals surface area contributed by atoms with Crippen molar-refractivity contribution in [2.24, 2.45) is 0 Å². The number of aliphatic hydroxyl groups excluding tert-OH is 1. The molecule has 0 rings (SSSR count). The Bertz CT molecular complexity index is 83.4. The van der Waals surface area contributed by atoms with Crippen LogP contribution in [0.1, 0.15) is 6.42 Å². The van der Waals surface area contributed by atoms with E-state index < -0.39 is 12.1 Å². The number of aliphatic carboxylic acids is 1. The van der Waals surface area contributed by atoms with Gasteiger partial charge in [-0.3, -0.25) is 4.79 Å². The van der Waals surface area contributed by atoms with Crippen molar-refractivity contribution in [2.45, 2.75) is 12.5 Å². The van der Waals surface area contributed by atoms with Crippen LogP contribution in [0.2, 0.25) is 0 Å². The molecule has 4 heteroatoms. The van der Waals surface area contributed by atoms with Crippen molar-refractivity contribution in [1.82, 2.24) is 0 Å². The molecule has 0 fully saturated rings. The van der Waals surface area contributed by atoms with E-state index in [0.29, 0.717) is 0 Å². The molecule has 0 aromatic heterocycles. The van der Waals surface area contributed by atoms with Crippen molar-refractivity contribution < 1.29 is 15.0 Å². The van der Waals surface area contributed by atoms with Gasteiger partial charge in [0.15, 0.2) is 0 Å². The monoisotopic (exact) mass is 138 g/mol.